The van der Waals surface area contributed by atoms with Crippen molar-refractivity contribution in [3.05, 3.63) is 101 Å². The van der Waals surface area contributed by atoms with Crippen LogP contribution in [0.4, 0.5) is 14.5 Å². The van der Waals surface area contributed by atoms with Crippen molar-refractivity contribution in [2.75, 3.05) is 5.32 Å². The maximum absolute atomic E-state index is 13.4. The first-order chi connectivity index (χ1) is 14.6. The number of anilines is 1. The van der Waals surface area contributed by atoms with Gasteiger partial charge in [-0.25, -0.2) is 13.8 Å². The lowest BCUT2D eigenvalue weighted by atomic mass is 10.2. The first-order valence-corrected chi connectivity index (χ1v) is 9.95. The molecule has 1 heterocycles. The summed E-state index contributed by atoms with van der Waals surface area (Å²) < 4.78 is 32.6. The Hall–Kier alpha value is -3.58. The fourth-order valence-corrected chi connectivity index (χ4v) is 3.67. The molecule has 1 amide bonds. The van der Waals surface area contributed by atoms with Crippen molar-refractivity contribution in [1.82, 2.24) is 4.98 Å². The number of thiazole rings is 1. The molecule has 1 N–H and O–H groups in total. The number of para-hydroxylation sites is 2. The van der Waals surface area contributed by atoms with Crippen LogP contribution in [0.2, 0.25) is 0 Å². The molecule has 0 radical (unpaired) electrons. The van der Waals surface area contributed by atoms with Crippen LogP contribution in [0.15, 0.2) is 78.2 Å². The van der Waals surface area contributed by atoms with E-state index in [2.05, 4.69) is 10.3 Å². The second-order valence-electron chi connectivity index (χ2n) is 6.42. The fraction of sp³-hybridized carbons (Fsp3) is 0.0435. The molecule has 4 aromatic rings. The average molecular weight is 422 g/mol. The van der Waals surface area contributed by atoms with Crippen LogP contribution in [-0.4, -0.2) is 10.9 Å². The molecule has 4 nitrogen and oxygen atoms in total. The van der Waals surface area contributed by atoms with Gasteiger partial charge < -0.3 is 10.1 Å². The molecule has 0 bridgehead atoms. The predicted octanol–water partition coefficient (Wildman–Crippen LogP) is 5.92. The molecule has 0 spiro atoms. The molecule has 7 heteroatoms. The minimum absolute atomic E-state index is 0.00157. The lowest BCUT2D eigenvalue weighted by molar-refractivity contribution is 0.102. The van der Waals surface area contributed by atoms with Crippen LogP contribution >= 0.6 is 11.3 Å². The summed E-state index contributed by atoms with van der Waals surface area (Å²) in [7, 11) is 0. The van der Waals surface area contributed by atoms with Crippen molar-refractivity contribution >= 4 is 22.9 Å². The zero-order chi connectivity index (χ0) is 20.9. The predicted molar refractivity (Wildman–Crippen MR) is 113 cm³/mol. The maximum atomic E-state index is 13.4. The Bertz CT molecular complexity index is 1160. The van der Waals surface area contributed by atoms with Crippen LogP contribution < -0.4 is 10.1 Å². The van der Waals surface area contributed by atoms with Gasteiger partial charge in [-0.15, -0.1) is 11.3 Å². The van der Waals surface area contributed by atoms with E-state index in [1.54, 1.807) is 29.6 Å². The van der Waals surface area contributed by atoms with Crippen LogP contribution in [-0.2, 0) is 6.61 Å². The number of hydrogen-bond acceptors (Lipinski definition) is 4. The quantitative estimate of drug-likeness (QED) is 0.420. The van der Waals surface area contributed by atoms with E-state index >= 15 is 0 Å². The number of ether oxygens (including phenoxy) is 1. The summed E-state index contributed by atoms with van der Waals surface area (Å²) in [5.74, 6) is -1.12. The number of nitrogens with one attached hydrogen (secondary N) is 1. The molecule has 0 aliphatic rings. The van der Waals surface area contributed by atoms with E-state index in [-0.39, 0.29) is 12.5 Å². The molecule has 0 unspecified atom stereocenters. The number of rotatable bonds is 6. The number of nitrogens with zero attached hydrogens (tertiary/aromatic N) is 1. The second kappa shape index (κ2) is 8.84. The summed E-state index contributed by atoms with van der Waals surface area (Å²) in [5, 5.41) is 5.08. The van der Waals surface area contributed by atoms with Crippen molar-refractivity contribution in [2.45, 2.75) is 6.61 Å². The van der Waals surface area contributed by atoms with E-state index in [1.807, 2.05) is 30.3 Å². The maximum Gasteiger partial charge on any atom is 0.275 e. The molecule has 1 aromatic heterocycles. The van der Waals surface area contributed by atoms with Gasteiger partial charge in [-0.3, -0.25) is 4.79 Å². The van der Waals surface area contributed by atoms with Gasteiger partial charge >= 0.3 is 0 Å². The van der Waals surface area contributed by atoms with Gasteiger partial charge in [0.15, 0.2) is 0 Å². The van der Waals surface area contributed by atoms with Gasteiger partial charge in [-0.2, -0.15) is 0 Å². The third-order valence-corrected chi connectivity index (χ3v) is 5.08. The van der Waals surface area contributed by atoms with Gasteiger partial charge in [-0.05, 0) is 42.0 Å². The molecular weight excluding hydrogens is 406 g/mol. The molecule has 0 aliphatic carbocycles. The number of amides is 1. The van der Waals surface area contributed by atoms with Gasteiger partial charge in [0.05, 0.1) is 5.56 Å². The second-order valence-corrected chi connectivity index (χ2v) is 7.28. The molecule has 0 saturated heterocycles. The molecule has 150 valence electrons. The highest BCUT2D eigenvalue weighted by atomic mass is 32.1. The Morgan fingerprint density at radius 3 is 2.43 bits per heavy atom. The van der Waals surface area contributed by atoms with Gasteiger partial charge in [0.2, 0.25) is 0 Å². The topological polar surface area (TPSA) is 51.2 Å². The van der Waals surface area contributed by atoms with Crippen molar-refractivity contribution in [3.63, 3.8) is 0 Å². The molecule has 4 rings (SSSR count). The van der Waals surface area contributed by atoms with Gasteiger partial charge in [-0.1, -0.05) is 30.3 Å². The monoisotopic (exact) mass is 422 g/mol. The highest BCUT2D eigenvalue weighted by molar-refractivity contribution is 7.13. The van der Waals surface area contributed by atoms with Crippen LogP contribution in [0.25, 0.3) is 10.6 Å². The minimum Gasteiger partial charge on any atom is -0.488 e. The Kier molecular flexibility index (Phi) is 5.81. The third-order valence-electron chi connectivity index (χ3n) is 4.20. The van der Waals surface area contributed by atoms with Crippen molar-refractivity contribution in [2.24, 2.45) is 0 Å². The molecular formula is C23H16F2N2O2S. The summed E-state index contributed by atoms with van der Waals surface area (Å²) in [4.78, 5) is 16.9. The summed E-state index contributed by atoms with van der Waals surface area (Å²) >= 11 is 1.31. The number of aromatic nitrogens is 1. The molecule has 0 aliphatic heterocycles. The molecule has 3 aromatic carbocycles. The summed E-state index contributed by atoms with van der Waals surface area (Å²) in [6.07, 6.45) is 0. The van der Waals surface area contributed by atoms with Crippen LogP contribution in [0.5, 0.6) is 5.75 Å². The van der Waals surface area contributed by atoms with E-state index in [1.165, 1.54) is 23.5 Å². The number of carbonyl (C=O) groups excluding carboxylic acids is 1. The van der Waals surface area contributed by atoms with Crippen molar-refractivity contribution in [3.8, 4) is 16.3 Å². The minimum atomic E-state index is -0.657. The zero-order valence-electron chi connectivity index (χ0n) is 15.6. The van der Waals surface area contributed by atoms with E-state index in [4.69, 9.17) is 4.74 Å². The number of carbonyl (C=O) groups is 1. The standard InChI is InChI=1S/C23H16F2N2O2S/c24-16-10-15(11-17(25)12-16)13-29-21-9-5-4-8-19(21)23-27-20(14-30-23)22(28)26-18-6-2-1-3-7-18/h1-12,14H,13H2,(H,26,28). The normalized spacial score (nSPS) is 10.6. The fourth-order valence-electron chi connectivity index (χ4n) is 2.84. The third kappa shape index (κ3) is 4.69. The van der Waals surface area contributed by atoms with Crippen LogP contribution in [0, 0.1) is 11.6 Å². The number of halogens is 2. The van der Waals surface area contributed by atoms with Crippen molar-refractivity contribution in [1.29, 1.82) is 0 Å². The van der Waals surface area contributed by atoms with Crippen LogP contribution in [0.3, 0.4) is 0 Å². The van der Waals surface area contributed by atoms with E-state index in [0.29, 0.717) is 33.3 Å². The van der Waals surface area contributed by atoms with E-state index in [0.717, 1.165) is 6.07 Å². The van der Waals surface area contributed by atoms with Gasteiger partial charge in [0, 0.05) is 17.1 Å². The van der Waals surface area contributed by atoms with Crippen molar-refractivity contribution < 1.29 is 18.3 Å². The largest absolute Gasteiger partial charge is 0.488 e. The Balaban J connectivity index is 1.51. The van der Waals surface area contributed by atoms with Gasteiger partial charge in [0.1, 0.15) is 34.7 Å². The summed E-state index contributed by atoms with van der Waals surface area (Å²) in [6, 6.07) is 19.6. The summed E-state index contributed by atoms with van der Waals surface area (Å²) in [5.41, 5.74) is 2.05. The molecule has 30 heavy (non-hydrogen) atoms. The molecule has 0 fully saturated rings. The van der Waals surface area contributed by atoms with Crippen LogP contribution in [0.1, 0.15) is 16.1 Å². The smallest absolute Gasteiger partial charge is 0.275 e. The van der Waals surface area contributed by atoms with E-state index in [9.17, 15) is 13.6 Å². The molecule has 0 saturated carbocycles. The lowest BCUT2D eigenvalue weighted by Gasteiger charge is -2.10. The SMILES string of the molecule is O=C(Nc1ccccc1)c1csc(-c2ccccc2OCc2cc(F)cc(F)c2)n1. The first-order valence-electron chi connectivity index (χ1n) is 9.07. The Morgan fingerprint density at radius 1 is 0.967 bits per heavy atom. The average Bonchev–Trinajstić information content (AvgIpc) is 3.23. The number of hydrogen-bond donors (Lipinski definition) is 1. The highest BCUT2D eigenvalue weighted by Gasteiger charge is 2.15. The molecule has 0 atom stereocenters. The Morgan fingerprint density at radius 2 is 1.67 bits per heavy atom. The van der Waals surface area contributed by atoms with E-state index < -0.39 is 11.6 Å². The first kappa shape index (κ1) is 19.7. The Labute approximate surface area is 175 Å². The summed E-state index contributed by atoms with van der Waals surface area (Å²) in [6.45, 7) is -0.00157. The highest BCUT2D eigenvalue weighted by Crippen LogP contribution is 2.33. The van der Waals surface area contributed by atoms with Gasteiger partial charge in [0.25, 0.3) is 5.91 Å². The number of benzene rings is 3. The zero-order valence-corrected chi connectivity index (χ0v) is 16.5. The lowest BCUT2D eigenvalue weighted by Crippen LogP contribution is -2.12.